The molecule has 0 radical (unpaired) electrons. The predicted octanol–water partition coefficient (Wildman–Crippen LogP) is 2.64. The molecule has 0 saturated heterocycles. The molecule has 1 unspecified atom stereocenters. The molecule has 0 saturated carbocycles. The second kappa shape index (κ2) is 5.68. The van der Waals surface area contributed by atoms with Crippen LogP contribution in [0.2, 0.25) is 0 Å². The molecule has 0 aliphatic rings. The second-order valence-corrected chi connectivity index (χ2v) is 4.57. The maximum atomic E-state index is 5.87. The Bertz CT molecular complexity index is 336. The first-order chi connectivity index (χ1) is 7.56. The van der Waals surface area contributed by atoms with Crippen molar-refractivity contribution in [2.24, 2.45) is 5.92 Å². The van der Waals surface area contributed by atoms with Gasteiger partial charge in [-0.2, -0.15) is 0 Å². The molecular formula is C12H22N4. The molecule has 0 bridgehead atoms. The Hall–Kier alpha value is -1.32. The third-order valence-electron chi connectivity index (χ3n) is 2.81. The second-order valence-electron chi connectivity index (χ2n) is 4.57. The molecule has 0 spiro atoms. The fourth-order valence-corrected chi connectivity index (χ4v) is 1.53. The summed E-state index contributed by atoms with van der Waals surface area (Å²) >= 11 is 0. The minimum absolute atomic E-state index is 0.334. The van der Waals surface area contributed by atoms with Crippen LogP contribution < -0.4 is 11.1 Å². The van der Waals surface area contributed by atoms with Gasteiger partial charge in [0.15, 0.2) is 0 Å². The van der Waals surface area contributed by atoms with Crippen molar-refractivity contribution in [1.82, 2.24) is 9.97 Å². The Labute approximate surface area is 97.7 Å². The minimum Gasteiger partial charge on any atom is -0.383 e. The van der Waals surface area contributed by atoms with Crippen LogP contribution in [0.25, 0.3) is 0 Å². The topological polar surface area (TPSA) is 63.8 Å². The van der Waals surface area contributed by atoms with Crippen LogP contribution in [0, 0.1) is 5.92 Å². The molecule has 1 heterocycles. The van der Waals surface area contributed by atoms with Crippen molar-refractivity contribution in [2.75, 3.05) is 17.6 Å². The van der Waals surface area contributed by atoms with E-state index in [2.05, 4.69) is 43.0 Å². The van der Waals surface area contributed by atoms with Crippen LogP contribution >= 0.6 is 0 Å². The third-order valence-corrected chi connectivity index (χ3v) is 2.81. The summed E-state index contributed by atoms with van der Waals surface area (Å²) in [6.45, 7) is 9.52. The summed E-state index contributed by atoms with van der Waals surface area (Å²) in [5, 5.41) is 3.36. The molecule has 90 valence electrons. The van der Waals surface area contributed by atoms with Crippen LogP contribution in [0.5, 0.6) is 0 Å². The van der Waals surface area contributed by atoms with E-state index in [1.165, 1.54) is 6.33 Å². The molecule has 4 nitrogen and oxygen atoms in total. The van der Waals surface area contributed by atoms with E-state index in [9.17, 15) is 0 Å². The highest BCUT2D eigenvalue weighted by Gasteiger charge is 2.12. The minimum atomic E-state index is 0.334. The van der Waals surface area contributed by atoms with E-state index in [-0.39, 0.29) is 0 Å². The van der Waals surface area contributed by atoms with Crippen LogP contribution in [0.4, 0.5) is 11.6 Å². The van der Waals surface area contributed by atoms with Gasteiger partial charge in [0.1, 0.15) is 18.0 Å². The van der Waals surface area contributed by atoms with Gasteiger partial charge < -0.3 is 11.1 Å². The summed E-state index contributed by atoms with van der Waals surface area (Å²) in [7, 11) is 0. The lowest BCUT2D eigenvalue weighted by Crippen LogP contribution is -2.14. The number of anilines is 2. The Kier molecular flexibility index (Phi) is 4.52. The Morgan fingerprint density at radius 3 is 2.56 bits per heavy atom. The number of rotatable bonds is 5. The molecule has 1 aromatic heterocycles. The van der Waals surface area contributed by atoms with Crippen molar-refractivity contribution in [1.29, 1.82) is 0 Å². The van der Waals surface area contributed by atoms with Crippen molar-refractivity contribution in [3.05, 3.63) is 11.9 Å². The molecule has 4 heteroatoms. The number of nitrogens with two attached hydrogens (primary N) is 1. The molecule has 16 heavy (non-hydrogen) atoms. The zero-order chi connectivity index (χ0) is 12.1. The molecule has 1 rings (SSSR count). The summed E-state index contributed by atoms with van der Waals surface area (Å²) in [6.07, 6.45) is 2.67. The largest absolute Gasteiger partial charge is 0.383 e. The van der Waals surface area contributed by atoms with E-state index < -0.39 is 0 Å². The van der Waals surface area contributed by atoms with E-state index in [0.717, 1.165) is 24.3 Å². The van der Waals surface area contributed by atoms with E-state index in [0.29, 0.717) is 17.7 Å². The molecule has 0 fully saturated rings. The number of hydrogen-bond acceptors (Lipinski definition) is 4. The van der Waals surface area contributed by atoms with E-state index >= 15 is 0 Å². The van der Waals surface area contributed by atoms with Gasteiger partial charge in [0.05, 0.1) is 0 Å². The van der Waals surface area contributed by atoms with Gasteiger partial charge in [-0.05, 0) is 11.8 Å². The van der Waals surface area contributed by atoms with Crippen molar-refractivity contribution in [3.63, 3.8) is 0 Å². The predicted molar refractivity (Wildman–Crippen MR) is 68.5 cm³/mol. The average Bonchev–Trinajstić information content (AvgIpc) is 2.25. The highest BCUT2D eigenvalue weighted by atomic mass is 15.0. The first-order valence-electron chi connectivity index (χ1n) is 5.90. The van der Waals surface area contributed by atoms with Gasteiger partial charge in [0.2, 0.25) is 0 Å². The summed E-state index contributed by atoms with van der Waals surface area (Å²) in [4.78, 5) is 8.30. The van der Waals surface area contributed by atoms with Crippen molar-refractivity contribution < 1.29 is 0 Å². The van der Waals surface area contributed by atoms with Gasteiger partial charge >= 0.3 is 0 Å². The lowest BCUT2D eigenvalue weighted by molar-refractivity contribution is 0.591. The highest BCUT2D eigenvalue weighted by molar-refractivity contribution is 5.56. The SMILES string of the molecule is CCC(C)CNc1ncnc(N)c1C(C)C. The zero-order valence-electron chi connectivity index (χ0n) is 10.6. The summed E-state index contributed by atoms with van der Waals surface area (Å²) in [5.41, 5.74) is 6.89. The monoisotopic (exact) mass is 222 g/mol. The molecule has 1 atom stereocenters. The maximum Gasteiger partial charge on any atom is 0.134 e. The molecular weight excluding hydrogens is 200 g/mol. The van der Waals surface area contributed by atoms with Crippen LogP contribution in [0.15, 0.2) is 6.33 Å². The molecule has 0 amide bonds. The van der Waals surface area contributed by atoms with Crippen LogP contribution in [0.1, 0.15) is 45.6 Å². The fraction of sp³-hybridized carbons (Fsp3) is 0.667. The fourth-order valence-electron chi connectivity index (χ4n) is 1.53. The summed E-state index contributed by atoms with van der Waals surface area (Å²) in [5.74, 6) is 2.43. The van der Waals surface area contributed by atoms with Gasteiger partial charge in [0.25, 0.3) is 0 Å². The Balaban J connectivity index is 2.83. The Morgan fingerprint density at radius 1 is 1.31 bits per heavy atom. The van der Waals surface area contributed by atoms with Crippen molar-refractivity contribution in [3.8, 4) is 0 Å². The van der Waals surface area contributed by atoms with Gasteiger partial charge in [-0.3, -0.25) is 0 Å². The third kappa shape index (κ3) is 3.08. The number of hydrogen-bond donors (Lipinski definition) is 2. The lowest BCUT2D eigenvalue weighted by Gasteiger charge is -2.16. The zero-order valence-corrected chi connectivity index (χ0v) is 10.6. The van der Waals surface area contributed by atoms with Crippen molar-refractivity contribution in [2.45, 2.75) is 40.0 Å². The molecule has 0 aliphatic carbocycles. The lowest BCUT2D eigenvalue weighted by atomic mass is 10.0. The van der Waals surface area contributed by atoms with E-state index in [1.807, 2.05) is 0 Å². The quantitative estimate of drug-likeness (QED) is 0.804. The number of aromatic nitrogens is 2. The van der Waals surface area contributed by atoms with E-state index in [1.54, 1.807) is 0 Å². The number of nitrogens with zero attached hydrogens (tertiary/aromatic N) is 2. The Morgan fingerprint density at radius 2 is 2.00 bits per heavy atom. The molecule has 1 aromatic rings. The first kappa shape index (κ1) is 12.7. The average molecular weight is 222 g/mol. The van der Waals surface area contributed by atoms with Gasteiger partial charge in [-0.1, -0.05) is 34.1 Å². The smallest absolute Gasteiger partial charge is 0.134 e. The van der Waals surface area contributed by atoms with Crippen molar-refractivity contribution >= 4 is 11.6 Å². The normalized spacial score (nSPS) is 12.8. The van der Waals surface area contributed by atoms with E-state index in [4.69, 9.17) is 5.73 Å². The number of nitrogen functional groups attached to an aromatic ring is 1. The molecule has 0 aromatic carbocycles. The highest BCUT2D eigenvalue weighted by Crippen LogP contribution is 2.26. The van der Waals surface area contributed by atoms with Gasteiger partial charge in [-0.15, -0.1) is 0 Å². The summed E-state index contributed by atoms with van der Waals surface area (Å²) in [6, 6.07) is 0. The van der Waals surface area contributed by atoms with Crippen LogP contribution in [-0.4, -0.2) is 16.5 Å². The van der Waals surface area contributed by atoms with Crippen LogP contribution in [-0.2, 0) is 0 Å². The first-order valence-corrected chi connectivity index (χ1v) is 5.90. The van der Waals surface area contributed by atoms with Gasteiger partial charge in [0, 0.05) is 12.1 Å². The molecule has 3 N–H and O–H groups in total. The molecule has 0 aliphatic heterocycles. The van der Waals surface area contributed by atoms with Crippen LogP contribution in [0.3, 0.4) is 0 Å². The summed E-state index contributed by atoms with van der Waals surface area (Å²) < 4.78 is 0. The maximum absolute atomic E-state index is 5.87. The standard InChI is InChI=1S/C12H22N4/c1-5-9(4)6-14-12-10(8(2)3)11(13)15-7-16-12/h7-9H,5-6H2,1-4H3,(H3,13,14,15,16). The number of nitrogens with one attached hydrogen (secondary N) is 1. The van der Waals surface area contributed by atoms with Gasteiger partial charge in [-0.25, -0.2) is 9.97 Å².